The molecule has 0 fully saturated rings. The van der Waals surface area contributed by atoms with E-state index in [1.807, 2.05) is 19.1 Å². The van der Waals surface area contributed by atoms with E-state index in [0.29, 0.717) is 29.7 Å². The maximum Gasteiger partial charge on any atom is 0.180 e. The molecule has 2 aromatic carbocycles. The van der Waals surface area contributed by atoms with Gasteiger partial charge in [-0.15, -0.1) is 0 Å². The first-order valence-corrected chi connectivity index (χ1v) is 10.5. The van der Waals surface area contributed by atoms with E-state index < -0.39 is 0 Å². The summed E-state index contributed by atoms with van der Waals surface area (Å²) in [7, 11) is 0. The van der Waals surface area contributed by atoms with E-state index in [0.717, 1.165) is 24.2 Å². The molecule has 0 heterocycles. The third-order valence-corrected chi connectivity index (χ3v) is 4.73. The Morgan fingerprint density at radius 2 is 1.68 bits per heavy atom. The molecule has 0 amide bonds. The van der Waals surface area contributed by atoms with Crippen molar-refractivity contribution in [2.24, 2.45) is 0 Å². The van der Waals surface area contributed by atoms with E-state index >= 15 is 0 Å². The molecule has 0 aromatic heterocycles. The zero-order chi connectivity index (χ0) is 20.2. The van der Waals surface area contributed by atoms with Gasteiger partial charge in [0.1, 0.15) is 12.4 Å². The van der Waals surface area contributed by atoms with Crippen LogP contribution < -0.4 is 14.8 Å². The van der Waals surface area contributed by atoms with Crippen LogP contribution in [0, 0.1) is 5.82 Å². The molecule has 0 unspecified atom stereocenters. The van der Waals surface area contributed by atoms with Gasteiger partial charge in [0.25, 0.3) is 0 Å². The number of rotatable bonds is 13. The summed E-state index contributed by atoms with van der Waals surface area (Å²) >= 11 is 6.47. The van der Waals surface area contributed by atoms with Crippen molar-refractivity contribution >= 4 is 11.6 Å². The van der Waals surface area contributed by atoms with Gasteiger partial charge in [-0.25, -0.2) is 4.39 Å². The highest BCUT2D eigenvalue weighted by Gasteiger charge is 2.13. The maximum atomic E-state index is 13.0. The second-order valence-electron chi connectivity index (χ2n) is 6.84. The zero-order valence-electron chi connectivity index (χ0n) is 16.9. The molecule has 0 bridgehead atoms. The molecule has 0 saturated carbocycles. The molecule has 0 aliphatic rings. The lowest BCUT2D eigenvalue weighted by atomic mass is 10.1. The summed E-state index contributed by atoms with van der Waals surface area (Å²) in [4.78, 5) is 0. The highest BCUT2D eigenvalue weighted by molar-refractivity contribution is 6.32. The molecule has 0 aliphatic carbocycles. The SMILES string of the molecule is CCCCCCCNCc1cc(Cl)c(OCc2ccc(F)cc2)c(OCC)c1. The molecule has 3 nitrogen and oxygen atoms in total. The van der Waals surface area contributed by atoms with Gasteiger partial charge in [-0.05, 0) is 55.3 Å². The fraction of sp³-hybridized carbons (Fsp3) is 0.478. The summed E-state index contributed by atoms with van der Waals surface area (Å²) in [6.45, 7) is 6.72. The van der Waals surface area contributed by atoms with Crippen molar-refractivity contribution in [3.63, 3.8) is 0 Å². The quantitative estimate of drug-likeness (QED) is 0.383. The Bertz CT molecular complexity index is 706. The van der Waals surface area contributed by atoms with Crippen molar-refractivity contribution in [2.75, 3.05) is 13.2 Å². The summed E-state index contributed by atoms with van der Waals surface area (Å²) in [6, 6.07) is 10.1. The minimum Gasteiger partial charge on any atom is -0.490 e. The second kappa shape index (κ2) is 12.6. The molecule has 28 heavy (non-hydrogen) atoms. The van der Waals surface area contributed by atoms with Gasteiger partial charge in [0.15, 0.2) is 11.5 Å². The molecule has 154 valence electrons. The summed E-state index contributed by atoms with van der Waals surface area (Å²) in [6.07, 6.45) is 6.33. The Balaban J connectivity index is 1.93. The average Bonchev–Trinajstić information content (AvgIpc) is 2.68. The van der Waals surface area contributed by atoms with Crippen LogP contribution in [0.25, 0.3) is 0 Å². The molecule has 2 aromatic rings. The topological polar surface area (TPSA) is 30.5 Å². The number of hydrogen-bond donors (Lipinski definition) is 1. The van der Waals surface area contributed by atoms with Gasteiger partial charge in [0, 0.05) is 6.54 Å². The Kier molecular flexibility index (Phi) is 10.2. The minimum absolute atomic E-state index is 0.265. The van der Waals surface area contributed by atoms with Crippen LogP contribution >= 0.6 is 11.6 Å². The number of unbranched alkanes of at least 4 members (excludes halogenated alkanes) is 4. The van der Waals surface area contributed by atoms with Crippen LogP contribution in [0.3, 0.4) is 0 Å². The van der Waals surface area contributed by atoms with Crippen molar-refractivity contribution in [1.82, 2.24) is 5.32 Å². The minimum atomic E-state index is -0.265. The van der Waals surface area contributed by atoms with Crippen LogP contribution in [0.5, 0.6) is 11.5 Å². The highest BCUT2D eigenvalue weighted by Crippen LogP contribution is 2.37. The number of benzene rings is 2. The zero-order valence-corrected chi connectivity index (χ0v) is 17.7. The molecular formula is C23H31ClFNO2. The number of halogens is 2. The Morgan fingerprint density at radius 1 is 0.929 bits per heavy atom. The van der Waals surface area contributed by atoms with E-state index in [1.54, 1.807) is 12.1 Å². The standard InChI is InChI=1S/C23H31ClFNO2/c1-3-5-6-7-8-13-26-16-19-14-21(24)23(22(15-19)27-4-2)28-17-18-9-11-20(25)12-10-18/h9-12,14-15,26H,3-8,13,16-17H2,1-2H3. The summed E-state index contributed by atoms with van der Waals surface area (Å²) in [5.41, 5.74) is 1.94. The van der Waals surface area contributed by atoms with Crippen molar-refractivity contribution < 1.29 is 13.9 Å². The van der Waals surface area contributed by atoms with Crippen LogP contribution in [0.4, 0.5) is 4.39 Å². The molecule has 0 aliphatic heterocycles. The van der Waals surface area contributed by atoms with Crippen LogP contribution in [0.15, 0.2) is 36.4 Å². The smallest absolute Gasteiger partial charge is 0.180 e. The number of ether oxygens (including phenoxy) is 2. The van der Waals surface area contributed by atoms with Crippen LogP contribution in [-0.2, 0) is 13.2 Å². The van der Waals surface area contributed by atoms with Crippen molar-refractivity contribution in [2.45, 2.75) is 59.1 Å². The van der Waals surface area contributed by atoms with Gasteiger partial charge in [-0.3, -0.25) is 0 Å². The third-order valence-electron chi connectivity index (χ3n) is 4.45. The Labute approximate surface area is 173 Å². The summed E-state index contributed by atoms with van der Waals surface area (Å²) < 4.78 is 24.7. The van der Waals surface area contributed by atoms with Gasteiger partial charge in [0.2, 0.25) is 0 Å². The van der Waals surface area contributed by atoms with Gasteiger partial charge in [0.05, 0.1) is 11.6 Å². The van der Waals surface area contributed by atoms with Crippen molar-refractivity contribution in [1.29, 1.82) is 0 Å². The predicted octanol–water partition coefficient (Wildman–Crippen LogP) is 6.52. The molecule has 1 N–H and O–H groups in total. The third kappa shape index (κ3) is 7.69. The highest BCUT2D eigenvalue weighted by atomic mass is 35.5. The fourth-order valence-electron chi connectivity index (χ4n) is 2.95. The first kappa shape index (κ1) is 22.5. The Hall–Kier alpha value is -1.78. The summed E-state index contributed by atoms with van der Waals surface area (Å²) in [5, 5.41) is 3.99. The van der Waals surface area contributed by atoms with E-state index in [2.05, 4.69) is 12.2 Å². The van der Waals surface area contributed by atoms with Crippen molar-refractivity contribution in [3.05, 3.63) is 58.4 Å². The molecular weight excluding hydrogens is 377 g/mol. The van der Waals surface area contributed by atoms with Gasteiger partial charge >= 0.3 is 0 Å². The van der Waals surface area contributed by atoms with E-state index in [9.17, 15) is 4.39 Å². The second-order valence-corrected chi connectivity index (χ2v) is 7.25. The molecule has 5 heteroatoms. The molecule has 0 spiro atoms. The first-order valence-electron chi connectivity index (χ1n) is 10.2. The van der Waals surface area contributed by atoms with Gasteiger partial charge < -0.3 is 14.8 Å². The normalized spacial score (nSPS) is 10.9. The lowest BCUT2D eigenvalue weighted by Crippen LogP contribution is -2.15. The van der Waals surface area contributed by atoms with E-state index in [1.165, 1.54) is 44.2 Å². The van der Waals surface area contributed by atoms with Gasteiger partial charge in [-0.1, -0.05) is 56.3 Å². The molecule has 0 atom stereocenters. The maximum absolute atomic E-state index is 13.0. The predicted molar refractivity (Wildman–Crippen MR) is 114 cm³/mol. The largest absolute Gasteiger partial charge is 0.490 e. The van der Waals surface area contributed by atoms with Gasteiger partial charge in [-0.2, -0.15) is 0 Å². The average molecular weight is 408 g/mol. The Morgan fingerprint density at radius 3 is 2.39 bits per heavy atom. The first-order chi connectivity index (χ1) is 13.6. The lowest BCUT2D eigenvalue weighted by Gasteiger charge is -2.16. The fourth-order valence-corrected chi connectivity index (χ4v) is 3.24. The van der Waals surface area contributed by atoms with Crippen LogP contribution in [-0.4, -0.2) is 13.2 Å². The summed E-state index contributed by atoms with van der Waals surface area (Å²) in [5.74, 6) is 0.895. The van der Waals surface area contributed by atoms with Crippen molar-refractivity contribution in [3.8, 4) is 11.5 Å². The van der Waals surface area contributed by atoms with Crippen LogP contribution in [0.2, 0.25) is 5.02 Å². The molecule has 0 saturated heterocycles. The monoisotopic (exact) mass is 407 g/mol. The number of hydrogen-bond acceptors (Lipinski definition) is 3. The van der Waals surface area contributed by atoms with Crippen LogP contribution in [0.1, 0.15) is 57.1 Å². The van der Waals surface area contributed by atoms with E-state index in [-0.39, 0.29) is 5.82 Å². The molecule has 2 rings (SSSR count). The number of nitrogens with one attached hydrogen (secondary N) is 1. The van der Waals surface area contributed by atoms with E-state index in [4.69, 9.17) is 21.1 Å². The molecule has 0 radical (unpaired) electrons. The lowest BCUT2D eigenvalue weighted by molar-refractivity contribution is 0.269.